The highest BCUT2D eigenvalue weighted by Gasteiger charge is 2.56. The van der Waals surface area contributed by atoms with E-state index in [-0.39, 0.29) is 11.8 Å². The Balaban J connectivity index is 1.57. The number of hydrogen-bond donors (Lipinski definition) is 0. The molecule has 0 spiro atoms. The van der Waals surface area contributed by atoms with E-state index in [4.69, 9.17) is 9.26 Å². The summed E-state index contributed by atoms with van der Waals surface area (Å²) < 4.78 is 12.4. The molecule has 8 nitrogen and oxygen atoms in total. The third-order valence-electron chi connectivity index (χ3n) is 6.56. The quantitative estimate of drug-likeness (QED) is 0.479. The number of carbonyl (C=O) groups excluding carboxylic acids is 2. The zero-order chi connectivity index (χ0) is 22.0. The van der Waals surface area contributed by atoms with E-state index in [1.807, 2.05) is 46.7 Å². The zero-order valence-electron chi connectivity index (χ0n) is 17.6. The molecule has 6 rings (SSSR count). The number of thiophene rings is 1. The summed E-state index contributed by atoms with van der Waals surface area (Å²) in [6.45, 7) is 3.05. The molecule has 4 aromatic rings. The number of methoxy groups -OCH3 is 1. The van der Waals surface area contributed by atoms with Gasteiger partial charge in [0.05, 0.1) is 19.3 Å². The average molecular weight is 449 g/mol. The monoisotopic (exact) mass is 448 g/mol. The molecular weight excluding hydrogens is 428 g/mol. The SMILES string of the molecule is COc1ccc(C23Cn4c(cc5ccsc54)C(=O)N2CCN3C(=O)c2conc2C)cc1. The van der Waals surface area contributed by atoms with E-state index in [0.717, 1.165) is 15.8 Å². The summed E-state index contributed by atoms with van der Waals surface area (Å²) in [6.07, 6.45) is 1.38. The van der Waals surface area contributed by atoms with Crippen molar-refractivity contribution in [1.29, 1.82) is 0 Å². The second-order valence-corrected chi connectivity index (χ2v) is 8.96. The second kappa shape index (κ2) is 6.70. The molecule has 3 aromatic heterocycles. The molecule has 2 aliphatic heterocycles. The lowest BCUT2D eigenvalue weighted by molar-refractivity contribution is -0.00511. The van der Waals surface area contributed by atoms with Crippen molar-refractivity contribution in [2.24, 2.45) is 0 Å². The van der Waals surface area contributed by atoms with E-state index >= 15 is 0 Å². The molecule has 0 radical (unpaired) electrons. The number of ether oxygens (including phenoxy) is 1. The molecule has 1 unspecified atom stereocenters. The van der Waals surface area contributed by atoms with Crippen molar-refractivity contribution in [2.75, 3.05) is 20.2 Å². The van der Waals surface area contributed by atoms with Crippen LogP contribution in [0.5, 0.6) is 5.75 Å². The smallest absolute Gasteiger partial charge is 0.272 e. The minimum atomic E-state index is -0.965. The topological polar surface area (TPSA) is 80.8 Å². The molecule has 0 bridgehead atoms. The molecule has 2 aliphatic rings. The highest BCUT2D eigenvalue weighted by Crippen LogP contribution is 2.45. The minimum absolute atomic E-state index is 0.0761. The highest BCUT2D eigenvalue weighted by atomic mass is 32.1. The van der Waals surface area contributed by atoms with Gasteiger partial charge in [-0.05, 0) is 36.6 Å². The zero-order valence-corrected chi connectivity index (χ0v) is 18.4. The van der Waals surface area contributed by atoms with Crippen LogP contribution in [0, 0.1) is 6.92 Å². The summed E-state index contributed by atoms with van der Waals surface area (Å²) in [4.78, 5) is 32.1. The number of carbonyl (C=O) groups is 2. The summed E-state index contributed by atoms with van der Waals surface area (Å²) in [6, 6.07) is 11.6. The van der Waals surface area contributed by atoms with Crippen molar-refractivity contribution < 1.29 is 18.8 Å². The first-order valence-corrected chi connectivity index (χ1v) is 11.2. The molecular formula is C23H20N4O4S. The van der Waals surface area contributed by atoms with Crippen molar-refractivity contribution in [1.82, 2.24) is 19.5 Å². The fourth-order valence-electron chi connectivity index (χ4n) is 5.00. The van der Waals surface area contributed by atoms with Crippen molar-refractivity contribution >= 4 is 33.4 Å². The Morgan fingerprint density at radius 1 is 1.22 bits per heavy atom. The summed E-state index contributed by atoms with van der Waals surface area (Å²) in [5.41, 5.74) is 1.49. The Kier molecular flexibility index (Phi) is 4.00. The van der Waals surface area contributed by atoms with Gasteiger partial charge < -0.3 is 23.6 Å². The largest absolute Gasteiger partial charge is 0.497 e. The lowest BCUT2D eigenvalue weighted by Crippen LogP contribution is -2.60. The Morgan fingerprint density at radius 2 is 2.03 bits per heavy atom. The van der Waals surface area contributed by atoms with Crippen molar-refractivity contribution in [2.45, 2.75) is 19.1 Å². The van der Waals surface area contributed by atoms with Crippen LogP contribution >= 0.6 is 11.3 Å². The van der Waals surface area contributed by atoms with Gasteiger partial charge in [0.1, 0.15) is 28.1 Å². The average Bonchev–Trinajstić information content (AvgIpc) is 3.57. The Morgan fingerprint density at radius 3 is 2.75 bits per heavy atom. The molecule has 32 heavy (non-hydrogen) atoms. The van der Waals surface area contributed by atoms with Gasteiger partial charge in [0.15, 0.2) is 5.66 Å². The molecule has 1 atom stereocenters. The second-order valence-electron chi connectivity index (χ2n) is 8.07. The van der Waals surface area contributed by atoms with Crippen molar-refractivity contribution in [3.63, 3.8) is 0 Å². The van der Waals surface area contributed by atoms with E-state index in [2.05, 4.69) is 9.72 Å². The van der Waals surface area contributed by atoms with E-state index in [9.17, 15) is 9.59 Å². The lowest BCUT2D eigenvalue weighted by atomic mass is 9.93. The molecule has 162 valence electrons. The number of nitrogens with zero attached hydrogens (tertiary/aromatic N) is 4. The van der Waals surface area contributed by atoms with Gasteiger partial charge in [-0.3, -0.25) is 9.59 Å². The summed E-state index contributed by atoms with van der Waals surface area (Å²) in [7, 11) is 1.61. The standard InChI is InChI=1S/C23H20N4O4S/c1-14-18(12-31-24-14)20(28)26-8-9-27-21(29)19-11-15-7-10-32-22(15)25(19)13-23(26,27)16-3-5-17(30-2)6-4-16/h3-7,10-12H,8-9,13H2,1-2H3. The van der Waals surface area contributed by atoms with Gasteiger partial charge in [-0.15, -0.1) is 11.3 Å². The van der Waals surface area contributed by atoms with Gasteiger partial charge in [0.2, 0.25) is 0 Å². The van der Waals surface area contributed by atoms with Crippen LogP contribution < -0.4 is 4.74 Å². The van der Waals surface area contributed by atoms with Crippen LogP contribution in [0.2, 0.25) is 0 Å². The first kappa shape index (κ1) is 19.1. The minimum Gasteiger partial charge on any atom is -0.497 e. The van der Waals surface area contributed by atoms with Crippen molar-refractivity contribution in [3.05, 3.63) is 70.6 Å². The Labute approximate surface area is 187 Å². The number of amides is 2. The molecule has 1 aromatic carbocycles. The number of benzene rings is 1. The molecule has 2 amide bonds. The third kappa shape index (κ3) is 2.39. The molecule has 0 N–H and O–H groups in total. The molecule has 5 heterocycles. The van der Waals surface area contributed by atoms with Crippen LogP contribution in [0.25, 0.3) is 10.2 Å². The van der Waals surface area contributed by atoms with Crippen LogP contribution in [0.15, 0.2) is 52.6 Å². The number of hydrogen-bond acceptors (Lipinski definition) is 6. The van der Waals surface area contributed by atoms with E-state index in [1.54, 1.807) is 30.3 Å². The maximum atomic E-state index is 13.7. The summed E-state index contributed by atoms with van der Waals surface area (Å²) >= 11 is 1.60. The fraction of sp³-hybridized carbons (Fsp3) is 0.261. The normalized spacial score (nSPS) is 20.0. The third-order valence-corrected chi connectivity index (χ3v) is 7.51. The van der Waals surface area contributed by atoms with Gasteiger partial charge in [0.25, 0.3) is 11.8 Å². The molecule has 1 saturated heterocycles. The van der Waals surface area contributed by atoms with Gasteiger partial charge in [-0.2, -0.15) is 0 Å². The molecule has 0 saturated carbocycles. The van der Waals surface area contributed by atoms with Crippen LogP contribution in [-0.2, 0) is 12.2 Å². The number of aromatic nitrogens is 2. The van der Waals surface area contributed by atoms with Gasteiger partial charge >= 0.3 is 0 Å². The van der Waals surface area contributed by atoms with Gasteiger partial charge in [-0.25, -0.2) is 0 Å². The summed E-state index contributed by atoms with van der Waals surface area (Å²) in [5.74, 6) is 0.438. The molecule has 0 aliphatic carbocycles. The molecule has 1 fully saturated rings. The summed E-state index contributed by atoms with van der Waals surface area (Å²) in [5, 5.41) is 6.94. The van der Waals surface area contributed by atoms with Gasteiger partial charge in [-0.1, -0.05) is 17.3 Å². The maximum absolute atomic E-state index is 13.7. The van der Waals surface area contributed by atoms with E-state index in [0.29, 0.717) is 42.3 Å². The van der Waals surface area contributed by atoms with E-state index < -0.39 is 5.66 Å². The van der Waals surface area contributed by atoms with Gasteiger partial charge in [0, 0.05) is 24.0 Å². The fourth-order valence-corrected chi connectivity index (χ4v) is 5.89. The first-order chi connectivity index (χ1) is 15.5. The highest BCUT2D eigenvalue weighted by molar-refractivity contribution is 7.16. The Bertz CT molecular complexity index is 1370. The maximum Gasteiger partial charge on any atom is 0.272 e. The van der Waals surface area contributed by atoms with Crippen LogP contribution in [0.4, 0.5) is 0 Å². The molecule has 9 heteroatoms. The lowest BCUT2D eigenvalue weighted by Gasteiger charge is -2.47. The predicted octanol–water partition coefficient (Wildman–Crippen LogP) is 3.47. The number of rotatable bonds is 3. The Hall–Kier alpha value is -3.59. The first-order valence-electron chi connectivity index (χ1n) is 10.3. The van der Waals surface area contributed by atoms with Crippen molar-refractivity contribution in [3.8, 4) is 5.75 Å². The number of aryl methyl sites for hydroxylation is 1. The van der Waals surface area contributed by atoms with Crippen LogP contribution in [0.1, 0.15) is 32.1 Å². The van der Waals surface area contributed by atoms with Crippen LogP contribution in [0.3, 0.4) is 0 Å². The van der Waals surface area contributed by atoms with E-state index in [1.165, 1.54) is 6.26 Å². The number of fused-ring (bicyclic) bond motifs is 4. The predicted molar refractivity (Wildman–Crippen MR) is 118 cm³/mol. The van der Waals surface area contributed by atoms with Crippen LogP contribution in [-0.4, -0.2) is 51.5 Å².